The van der Waals surface area contributed by atoms with Gasteiger partial charge in [-0.05, 0) is 17.7 Å². The molecule has 2 N–H and O–H groups in total. The van der Waals surface area contributed by atoms with Gasteiger partial charge in [-0.3, -0.25) is 14.2 Å². The minimum Gasteiger partial charge on any atom is -0.497 e. The molecule has 0 saturated carbocycles. The second-order valence-corrected chi connectivity index (χ2v) is 6.17. The molecule has 29 heavy (non-hydrogen) atoms. The molecule has 1 heterocycles. The molecule has 0 aliphatic heterocycles. The van der Waals surface area contributed by atoms with Crippen molar-refractivity contribution in [1.82, 2.24) is 9.55 Å². The van der Waals surface area contributed by atoms with E-state index in [0.29, 0.717) is 22.8 Å². The van der Waals surface area contributed by atoms with Crippen LogP contribution in [0.15, 0.2) is 59.5 Å². The predicted octanol–water partition coefficient (Wildman–Crippen LogP) is 2.62. The lowest BCUT2D eigenvalue weighted by Crippen LogP contribution is -2.29. The topological polar surface area (TPSA) is 103 Å². The van der Waals surface area contributed by atoms with Gasteiger partial charge in [0.15, 0.2) is 5.82 Å². The van der Waals surface area contributed by atoms with E-state index in [2.05, 4.69) is 10.3 Å². The van der Waals surface area contributed by atoms with Crippen LogP contribution in [0.5, 0.6) is 11.5 Å². The van der Waals surface area contributed by atoms with Crippen LogP contribution in [0.3, 0.4) is 0 Å². The van der Waals surface area contributed by atoms with Crippen LogP contribution in [-0.2, 0) is 17.9 Å². The van der Waals surface area contributed by atoms with Gasteiger partial charge >= 0.3 is 5.97 Å². The van der Waals surface area contributed by atoms with E-state index in [1.54, 1.807) is 38.5 Å². The normalized spacial score (nSPS) is 10.4. The van der Waals surface area contributed by atoms with Crippen molar-refractivity contribution in [3.8, 4) is 22.8 Å². The molecule has 2 aromatic carbocycles. The van der Waals surface area contributed by atoms with Crippen LogP contribution in [0, 0.1) is 0 Å². The van der Waals surface area contributed by atoms with Crippen LogP contribution >= 0.6 is 0 Å². The molecule has 0 spiro atoms. The van der Waals surface area contributed by atoms with Crippen LogP contribution in [0.25, 0.3) is 11.3 Å². The van der Waals surface area contributed by atoms with E-state index in [-0.39, 0.29) is 12.4 Å². The van der Waals surface area contributed by atoms with Crippen LogP contribution < -0.4 is 20.3 Å². The number of anilines is 1. The average molecular weight is 395 g/mol. The minimum atomic E-state index is -1.11. The van der Waals surface area contributed by atoms with Crippen molar-refractivity contribution in [3.63, 3.8) is 0 Å². The third-order valence-corrected chi connectivity index (χ3v) is 4.36. The molecule has 8 nitrogen and oxygen atoms in total. The van der Waals surface area contributed by atoms with Crippen molar-refractivity contribution in [2.75, 3.05) is 19.5 Å². The highest BCUT2D eigenvalue weighted by Crippen LogP contribution is 2.25. The van der Waals surface area contributed by atoms with Crippen LogP contribution in [0.2, 0.25) is 0 Å². The molecule has 0 saturated heterocycles. The second kappa shape index (κ2) is 8.92. The summed E-state index contributed by atoms with van der Waals surface area (Å²) in [7, 11) is 3.11. The molecule has 0 aliphatic rings. The first-order chi connectivity index (χ1) is 14.0. The molecule has 0 fully saturated rings. The van der Waals surface area contributed by atoms with Crippen molar-refractivity contribution in [3.05, 3.63) is 70.6 Å². The van der Waals surface area contributed by atoms with Gasteiger partial charge in [0.05, 0.1) is 26.1 Å². The Balaban J connectivity index is 1.93. The number of nitrogens with one attached hydrogen (secondary N) is 1. The van der Waals surface area contributed by atoms with Gasteiger partial charge in [-0.15, -0.1) is 0 Å². The fraction of sp³-hybridized carbons (Fsp3) is 0.190. The van der Waals surface area contributed by atoms with E-state index in [0.717, 1.165) is 5.56 Å². The van der Waals surface area contributed by atoms with E-state index in [1.807, 2.05) is 24.3 Å². The summed E-state index contributed by atoms with van der Waals surface area (Å²) in [5.74, 6) is 0.199. The number of benzene rings is 2. The second-order valence-electron chi connectivity index (χ2n) is 6.17. The van der Waals surface area contributed by atoms with Crippen LogP contribution in [-0.4, -0.2) is 34.8 Å². The number of nitrogens with zero attached hydrogens (tertiary/aromatic N) is 2. The Morgan fingerprint density at radius 2 is 1.90 bits per heavy atom. The maximum atomic E-state index is 12.9. The smallest absolute Gasteiger partial charge is 0.323 e. The first kappa shape index (κ1) is 19.9. The minimum absolute atomic E-state index is 0.0591. The number of methoxy groups -OCH3 is 2. The highest BCUT2D eigenvalue weighted by Gasteiger charge is 2.15. The molecule has 1 aromatic heterocycles. The molecule has 0 amide bonds. The Hall–Kier alpha value is -3.81. The van der Waals surface area contributed by atoms with E-state index in [4.69, 9.17) is 9.47 Å². The van der Waals surface area contributed by atoms with Crippen molar-refractivity contribution in [2.24, 2.45) is 0 Å². The van der Waals surface area contributed by atoms with Crippen molar-refractivity contribution >= 4 is 11.8 Å². The number of ether oxygens (including phenoxy) is 2. The number of rotatable bonds is 8. The highest BCUT2D eigenvalue weighted by molar-refractivity contribution is 5.69. The van der Waals surface area contributed by atoms with Gasteiger partial charge in [-0.25, -0.2) is 4.98 Å². The van der Waals surface area contributed by atoms with Crippen molar-refractivity contribution in [2.45, 2.75) is 13.1 Å². The van der Waals surface area contributed by atoms with E-state index >= 15 is 0 Å². The van der Waals surface area contributed by atoms with Gasteiger partial charge in [0, 0.05) is 18.2 Å². The molecule has 0 unspecified atom stereocenters. The van der Waals surface area contributed by atoms with Gasteiger partial charge in [-0.1, -0.05) is 30.3 Å². The quantitative estimate of drug-likeness (QED) is 0.604. The standard InChI is InChI=1S/C21H21N3O5/c1-28-16-9-8-15(18(10-16)29-2)11-22-20-21(27)24(13-19(25)26)17(12-23-20)14-6-4-3-5-7-14/h3-10,12H,11,13H2,1-2H3,(H,22,23)(H,25,26). The summed E-state index contributed by atoms with van der Waals surface area (Å²) in [5.41, 5.74) is 1.43. The summed E-state index contributed by atoms with van der Waals surface area (Å²) in [5, 5.41) is 12.2. The molecule has 0 bridgehead atoms. The number of carboxylic acids is 1. The number of hydrogen-bond donors (Lipinski definition) is 2. The summed E-state index contributed by atoms with van der Waals surface area (Å²) >= 11 is 0. The zero-order valence-electron chi connectivity index (χ0n) is 16.1. The third kappa shape index (κ3) is 4.55. The van der Waals surface area contributed by atoms with E-state index in [9.17, 15) is 14.7 Å². The number of carboxylic acid groups (broad SMARTS) is 1. The summed E-state index contributed by atoms with van der Waals surface area (Å²) in [4.78, 5) is 28.4. The summed E-state index contributed by atoms with van der Waals surface area (Å²) in [6.07, 6.45) is 1.49. The Bertz CT molecular complexity index is 1060. The zero-order chi connectivity index (χ0) is 20.8. The van der Waals surface area contributed by atoms with Gasteiger partial charge in [-0.2, -0.15) is 0 Å². The maximum absolute atomic E-state index is 12.9. The fourth-order valence-electron chi connectivity index (χ4n) is 2.92. The van der Waals surface area contributed by atoms with E-state index < -0.39 is 18.1 Å². The zero-order valence-corrected chi connectivity index (χ0v) is 16.1. The lowest BCUT2D eigenvalue weighted by atomic mass is 10.1. The number of hydrogen-bond acceptors (Lipinski definition) is 6. The Morgan fingerprint density at radius 1 is 1.14 bits per heavy atom. The maximum Gasteiger partial charge on any atom is 0.323 e. The molecule has 150 valence electrons. The average Bonchev–Trinajstić information content (AvgIpc) is 2.74. The lowest BCUT2D eigenvalue weighted by molar-refractivity contribution is -0.137. The SMILES string of the molecule is COc1ccc(CNc2ncc(-c3ccccc3)n(CC(=O)O)c2=O)c(OC)c1. The highest BCUT2D eigenvalue weighted by atomic mass is 16.5. The van der Waals surface area contributed by atoms with Crippen LogP contribution in [0.4, 0.5) is 5.82 Å². The third-order valence-electron chi connectivity index (χ3n) is 4.36. The molecule has 0 aliphatic carbocycles. The Kier molecular flexibility index (Phi) is 6.13. The van der Waals surface area contributed by atoms with Gasteiger partial charge in [0.25, 0.3) is 5.56 Å². The Morgan fingerprint density at radius 3 is 2.55 bits per heavy atom. The van der Waals surface area contributed by atoms with Gasteiger partial charge in [0.1, 0.15) is 18.0 Å². The molecular weight excluding hydrogens is 374 g/mol. The summed E-state index contributed by atoms with van der Waals surface area (Å²) in [6, 6.07) is 14.4. The van der Waals surface area contributed by atoms with Crippen LogP contribution in [0.1, 0.15) is 5.56 Å². The molecule has 0 atom stereocenters. The number of carbonyl (C=O) groups is 1. The van der Waals surface area contributed by atoms with Gasteiger partial charge in [0.2, 0.25) is 0 Å². The van der Waals surface area contributed by atoms with E-state index in [1.165, 1.54) is 10.8 Å². The van der Waals surface area contributed by atoms with Gasteiger partial charge < -0.3 is 19.9 Å². The molecule has 0 radical (unpaired) electrons. The fourth-order valence-corrected chi connectivity index (χ4v) is 2.92. The molecule has 8 heteroatoms. The largest absolute Gasteiger partial charge is 0.497 e. The predicted molar refractivity (Wildman–Crippen MR) is 108 cm³/mol. The first-order valence-electron chi connectivity index (χ1n) is 8.85. The summed E-state index contributed by atoms with van der Waals surface area (Å²) in [6.45, 7) is -0.195. The number of aromatic nitrogens is 2. The summed E-state index contributed by atoms with van der Waals surface area (Å²) < 4.78 is 11.7. The monoisotopic (exact) mass is 395 g/mol. The number of aliphatic carboxylic acids is 1. The lowest BCUT2D eigenvalue weighted by Gasteiger charge is -2.14. The van der Waals surface area contributed by atoms with Crippen molar-refractivity contribution < 1.29 is 19.4 Å². The molecule has 3 aromatic rings. The van der Waals surface area contributed by atoms with Crippen molar-refractivity contribution in [1.29, 1.82) is 0 Å². The Labute approximate surface area is 167 Å². The molecule has 3 rings (SSSR count). The first-order valence-corrected chi connectivity index (χ1v) is 8.85. The molecular formula is C21H21N3O5.